The molecule has 0 unspecified atom stereocenters. The van der Waals surface area contributed by atoms with Crippen LogP contribution in [-0.4, -0.2) is 21.8 Å². The Morgan fingerprint density at radius 3 is 2.56 bits per heavy atom. The molecule has 0 saturated heterocycles. The number of Topliss-reactive ketones (excluding diaryl/α,β-unsaturated/α-hetero) is 1. The van der Waals surface area contributed by atoms with E-state index in [4.69, 9.17) is 11.6 Å². The minimum absolute atomic E-state index is 0.0260. The van der Waals surface area contributed by atoms with E-state index in [0.29, 0.717) is 10.0 Å². The number of benzene rings is 2. The first-order chi connectivity index (χ1) is 12.9. The molecule has 1 aromatic heterocycles. The molecule has 1 aliphatic carbocycles. The van der Waals surface area contributed by atoms with Crippen LogP contribution in [0.1, 0.15) is 33.8 Å². The fourth-order valence-electron chi connectivity index (χ4n) is 3.27. The Kier molecular flexibility index (Phi) is 4.58. The highest BCUT2D eigenvalue weighted by Gasteiger charge is 2.23. The molecule has 0 spiro atoms. The maximum Gasteiger partial charge on any atom is 0.307 e. The molecular weight excluding hydrogens is 382 g/mol. The van der Waals surface area contributed by atoms with Crippen molar-refractivity contribution in [1.29, 1.82) is 0 Å². The van der Waals surface area contributed by atoms with E-state index in [9.17, 15) is 14.7 Å². The molecule has 0 bridgehead atoms. The van der Waals surface area contributed by atoms with Crippen molar-refractivity contribution in [1.82, 2.24) is 4.98 Å². The summed E-state index contributed by atoms with van der Waals surface area (Å²) < 4.78 is 0.836. The number of aryl methyl sites for hydroxylation is 1. The molecule has 0 saturated carbocycles. The van der Waals surface area contributed by atoms with Crippen molar-refractivity contribution < 1.29 is 14.7 Å². The predicted octanol–water partition coefficient (Wildman–Crippen LogP) is 5.46. The van der Waals surface area contributed by atoms with Crippen molar-refractivity contribution in [3.05, 3.63) is 63.1 Å². The number of hydrogen-bond acceptors (Lipinski definition) is 4. The normalized spacial score (nSPS) is 13.3. The zero-order valence-corrected chi connectivity index (χ0v) is 16.2. The van der Waals surface area contributed by atoms with E-state index in [0.717, 1.165) is 50.9 Å². The van der Waals surface area contributed by atoms with Crippen molar-refractivity contribution in [3.8, 4) is 11.1 Å². The van der Waals surface area contributed by atoms with Gasteiger partial charge in [-0.1, -0.05) is 29.8 Å². The first-order valence-electron chi connectivity index (χ1n) is 8.58. The van der Waals surface area contributed by atoms with Crippen molar-refractivity contribution >= 4 is 44.9 Å². The number of carbonyl (C=O) groups is 2. The number of carboxylic acids is 1. The molecule has 6 heteroatoms. The molecule has 1 heterocycles. The van der Waals surface area contributed by atoms with Gasteiger partial charge in [-0.15, -0.1) is 11.3 Å². The molecule has 0 amide bonds. The molecule has 0 atom stereocenters. The second-order valence-corrected chi connectivity index (χ2v) is 8.02. The number of nitrogens with zero attached hydrogens (tertiary/aromatic N) is 1. The van der Waals surface area contributed by atoms with Gasteiger partial charge in [0.15, 0.2) is 5.01 Å². The molecule has 136 valence electrons. The summed E-state index contributed by atoms with van der Waals surface area (Å²) in [5.41, 5.74) is 4.81. The van der Waals surface area contributed by atoms with Gasteiger partial charge in [-0.05, 0) is 60.2 Å². The van der Waals surface area contributed by atoms with Gasteiger partial charge in [0.05, 0.1) is 16.6 Å². The Labute approximate surface area is 165 Å². The lowest BCUT2D eigenvalue weighted by Gasteiger charge is -2.13. The van der Waals surface area contributed by atoms with Crippen LogP contribution >= 0.6 is 22.9 Å². The fraction of sp³-hybridized carbons (Fsp3) is 0.190. The van der Waals surface area contributed by atoms with Gasteiger partial charge in [-0.25, -0.2) is 4.98 Å². The van der Waals surface area contributed by atoms with E-state index >= 15 is 0 Å². The number of rotatable bonds is 5. The van der Waals surface area contributed by atoms with E-state index in [1.54, 1.807) is 12.1 Å². The molecule has 1 N–H and O–H groups in total. The Morgan fingerprint density at radius 2 is 1.96 bits per heavy atom. The van der Waals surface area contributed by atoms with Crippen LogP contribution in [0.3, 0.4) is 0 Å². The molecule has 4 rings (SSSR count). The molecule has 0 aliphatic heterocycles. The number of carbonyl (C=O) groups excluding carboxylic acids is 1. The summed E-state index contributed by atoms with van der Waals surface area (Å²) >= 11 is 7.35. The largest absolute Gasteiger partial charge is 0.481 e. The predicted molar refractivity (Wildman–Crippen MR) is 108 cm³/mol. The third kappa shape index (κ3) is 3.29. The van der Waals surface area contributed by atoms with Crippen molar-refractivity contribution in [2.45, 2.75) is 26.2 Å². The second-order valence-electron chi connectivity index (χ2n) is 6.59. The van der Waals surface area contributed by atoms with Gasteiger partial charge >= 0.3 is 5.97 Å². The van der Waals surface area contributed by atoms with Crippen LogP contribution < -0.4 is 0 Å². The summed E-state index contributed by atoms with van der Waals surface area (Å²) in [4.78, 5) is 28.6. The van der Waals surface area contributed by atoms with Gasteiger partial charge in [0.2, 0.25) is 5.78 Å². The molecular formula is C21H16ClNO3S. The minimum Gasteiger partial charge on any atom is -0.481 e. The molecule has 1 aliphatic rings. The number of hydrogen-bond donors (Lipinski definition) is 1. The second kappa shape index (κ2) is 6.91. The summed E-state index contributed by atoms with van der Waals surface area (Å²) in [5.74, 6) is -0.921. The molecule has 2 aromatic carbocycles. The van der Waals surface area contributed by atoms with Gasteiger partial charge in [-0.3, -0.25) is 9.59 Å². The SMILES string of the molecule is Cc1cc2nc(C(=O)C3=CCC3)sc2c(-c2ccc(Cl)cc2)c1CC(=O)O. The number of aromatic nitrogens is 1. The van der Waals surface area contributed by atoms with Crippen molar-refractivity contribution in [2.24, 2.45) is 0 Å². The first kappa shape index (κ1) is 17.9. The smallest absolute Gasteiger partial charge is 0.307 e. The lowest BCUT2D eigenvalue weighted by molar-refractivity contribution is -0.136. The van der Waals surface area contributed by atoms with Gasteiger partial charge in [-0.2, -0.15) is 0 Å². The number of ketones is 1. The summed E-state index contributed by atoms with van der Waals surface area (Å²) in [7, 11) is 0. The van der Waals surface area contributed by atoms with E-state index in [1.807, 2.05) is 31.2 Å². The highest BCUT2D eigenvalue weighted by Crippen LogP contribution is 2.39. The van der Waals surface area contributed by atoms with E-state index < -0.39 is 5.97 Å². The Balaban J connectivity index is 1.96. The zero-order valence-electron chi connectivity index (χ0n) is 14.6. The summed E-state index contributed by atoms with van der Waals surface area (Å²) in [6.07, 6.45) is 3.58. The zero-order chi connectivity index (χ0) is 19.1. The van der Waals surface area contributed by atoms with E-state index in [1.165, 1.54) is 11.3 Å². The minimum atomic E-state index is -0.895. The van der Waals surface area contributed by atoms with Gasteiger partial charge < -0.3 is 5.11 Å². The van der Waals surface area contributed by atoms with E-state index in [-0.39, 0.29) is 12.2 Å². The topological polar surface area (TPSA) is 67.3 Å². The van der Waals surface area contributed by atoms with Gasteiger partial charge in [0.1, 0.15) is 0 Å². The first-order valence-corrected chi connectivity index (χ1v) is 9.78. The average Bonchev–Trinajstić information content (AvgIpc) is 2.98. The van der Waals surface area contributed by atoms with Crippen LogP contribution in [-0.2, 0) is 11.2 Å². The highest BCUT2D eigenvalue weighted by atomic mass is 35.5. The number of carboxylic acid groups (broad SMARTS) is 1. The number of halogens is 1. The Bertz CT molecular complexity index is 1110. The molecule has 0 radical (unpaired) electrons. The van der Waals surface area contributed by atoms with Crippen LogP contribution in [0, 0.1) is 6.92 Å². The van der Waals surface area contributed by atoms with Crippen LogP contribution in [0.4, 0.5) is 0 Å². The summed E-state index contributed by atoms with van der Waals surface area (Å²) in [6.45, 7) is 1.88. The lowest BCUT2D eigenvalue weighted by atomic mass is 9.93. The number of aliphatic carboxylic acids is 1. The summed E-state index contributed by atoms with van der Waals surface area (Å²) in [6, 6.07) is 9.17. The van der Waals surface area contributed by atoms with Crippen LogP contribution in [0.5, 0.6) is 0 Å². The molecule has 0 fully saturated rings. The van der Waals surface area contributed by atoms with Crippen molar-refractivity contribution in [3.63, 3.8) is 0 Å². The number of fused-ring (bicyclic) bond motifs is 1. The summed E-state index contributed by atoms with van der Waals surface area (Å²) in [5, 5.41) is 10.5. The number of thiazole rings is 1. The quantitative estimate of drug-likeness (QED) is 0.581. The maximum atomic E-state index is 12.6. The van der Waals surface area contributed by atoms with Crippen LogP contribution in [0.25, 0.3) is 21.3 Å². The Morgan fingerprint density at radius 1 is 1.26 bits per heavy atom. The van der Waals surface area contributed by atoms with Crippen LogP contribution in [0.15, 0.2) is 42.0 Å². The van der Waals surface area contributed by atoms with Crippen LogP contribution in [0.2, 0.25) is 5.02 Å². The molecule has 4 nitrogen and oxygen atoms in total. The van der Waals surface area contributed by atoms with Gasteiger partial charge in [0.25, 0.3) is 0 Å². The lowest BCUT2D eigenvalue weighted by Crippen LogP contribution is -2.08. The molecule has 3 aromatic rings. The third-order valence-corrected chi connectivity index (χ3v) is 6.10. The fourth-order valence-corrected chi connectivity index (χ4v) is 4.50. The third-order valence-electron chi connectivity index (χ3n) is 4.76. The van der Waals surface area contributed by atoms with Gasteiger partial charge in [0, 0.05) is 10.6 Å². The number of allylic oxidation sites excluding steroid dienone is 2. The Hall–Kier alpha value is -2.50. The average molecular weight is 398 g/mol. The van der Waals surface area contributed by atoms with Crippen molar-refractivity contribution in [2.75, 3.05) is 0 Å². The standard InChI is InChI=1S/C21H16ClNO3S/c1-11-9-16-20(27-21(23-16)19(26)13-3-2-4-13)18(15(11)10-17(24)25)12-5-7-14(22)8-6-12/h3,5-9H,2,4,10H2,1H3,(H,24,25). The highest BCUT2D eigenvalue weighted by molar-refractivity contribution is 7.21. The van der Waals surface area contributed by atoms with E-state index in [2.05, 4.69) is 4.98 Å². The maximum absolute atomic E-state index is 12.6. The molecule has 27 heavy (non-hydrogen) atoms. The monoisotopic (exact) mass is 397 g/mol.